The topological polar surface area (TPSA) is 0 Å². The molecule has 0 aliphatic rings. The maximum absolute atomic E-state index is 2.46. The molecule has 0 amide bonds. The van der Waals surface area contributed by atoms with Gasteiger partial charge in [0.05, 0.1) is 0 Å². The predicted octanol–water partition coefficient (Wildman–Crippen LogP) is 9.42. The lowest BCUT2D eigenvalue weighted by Crippen LogP contribution is -2.05. The van der Waals surface area contributed by atoms with E-state index in [1.165, 1.54) is 89.9 Å². The van der Waals surface area contributed by atoms with Crippen molar-refractivity contribution >= 4 is 0 Å². The molecular formula is C25H52. The van der Waals surface area contributed by atoms with Crippen LogP contribution in [-0.4, -0.2) is 0 Å². The van der Waals surface area contributed by atoms with Gasteiger partial charge in [0.15, 0.2) is 0 Å². The molecule has 0 saturated heterocycles. The molecule has 0 rings (SSSR count). The zero-order chi connectivity index (χ0) is 19.1. The van der Waals surface area contributed by atoms with Gasteiger partial charge >= 0.3 is 0 Å². The van der Waals surface area contributed by atoms with E-state index in [9.17, 15) is 0 Å². The summed E-state index contributed by atoms with van der Waals surface area (Å²) < 4.78 is 0. The van der Waals surface area contributed by atoms with Gasteiger partial charge in [-0.25, -0.2) is 0 Å². The first-order valence-electron chi connectivity index (χ1n) is 11.7. The third-order valence-corrected chi connectivity index (χ3v) is 5.75. The largest absolute Gasteiger partial charge is 0.0628 e. The summed E-state index contributed by atoms with van der Waals surface area (Å²) >= 11 is 0. The Hall–Kier alpha value is 0. The van der Waals surface area contributed by atoms with Gasteiger partial charge in [-0.2, -0.15) is 0 Å². The molecule has 152 valence electrons. The molecule has 0 aromatic carbocycles. The van der Waals surface area contributed by atoms with Crippen molar-refractivity contribution in [3.05, 3.63) is 0 Å². The molecule has 0 heteroatoms. The van der Waals surface area contributed by atoms with Crippen molar-refractivity contribution in [1.82, 2.24) is 0 Å². The predicted molar refractivity (Wildman–Crippen MR) is 117 cm³/mol. The maximum atomic E-state index is 2.46. The van der Waals surface area contributed by atoms with Crippen LogP contribution in [0.5, 0.6) is 0 Å². The minimum Gasteiger partial charge on any atom is -0.0628 e. The molecule has 0 heterocycles. The van der Waals surface area contributed by atoms with Crippen LogP contribution in [0, 0.1) is 23.2 Å². The van der Waals surface area contributed by atoms with Gasteiger partial charge in [-0.1, -0.05) is 132 Å². The third kappa shape index (κ3) is 20.2. The van der Waals surface area contributed by atoms with E-state index in [0.717, 1.165) is 17.8 Å². The summed E-state index contributed by atoms with van der Waals surface area (Å²) in [5, 5.41) is 0. The molecule has 0 aliphatic carbocycles. The lowest BCUT2D eigenvalue weighted by Gasteiger charge is -2.19. The van der Waals surface area contributed by atoms with Crippen molar-refractivity contribution in [3.63, 3.8) is 0 Å². The zero-order valence-electron chi connectivity index (χ0n) is 19.1. The third-order valence-electron chi connectivity index (χ3n) is 5.75. The highest BCUT2D eigenvalue weighted by Gasteiger charge is 2.10. The van der Waals surface area contributed by atoms with Gasteiger partial charge in [0.25, 0.3) is 0 Å². The van der Waals surface area contributed by atoms with Gasteiger partial charge in [-0.15, -0.1) is 0 Å². The van der Waals surface area contributed by atoms with Crippen LogP contribution in [0.1, 0.15) is 138 Å². The maximum Gasteiger partial charge on any atom is -0.0383 e. The van der Waals surface area contributed by atoms with Crippen LogP contribution in [0.2, 0.25) is 0 Å². The summed E-state index contributed by atoms with van der Waals surface area (Å²) in [6.45, 7) is 16.7. The summed E-state index contributed by atoms with van der Waals surface area (Å²) in [6.07, 6.45) is 20.3. The average molecular weight is 353 g/mol. The van der Waals surface area contributed by atoms with Gasteiger partial charge in [0, 0.05) is 0 Å². The second-order valence-electron chi connectivity index (χ2n) is 10.7. The molecule has 0 nitrogen and oxygen atoms in total. The highest BCUT2D eigenvalue weighted by Crippen LogP contribution is 2.25. The quantitative estimate of drug-likeness (QED) is 0.243. The zero-order valence-corrected chi connectivity index (χ0v) is 19.1. The molecule has 0 aliphatic heterocycles. The highest BCUT2D eigenvalue weighted by molar-refractivity contribution is 4.63. The number of unbranched alkanes of at least 4 members (excludes halogenated alkanes) is 5. The lowest BCUT2D eigenvalue weighted by atomic mass is 9.87. The SMILES string of the molecule is CC(C)CCCC(C)CCCCCCCCC(C)CCCC(C)(C)C. The van der Waals surface area contributed by atoms with Crippen LogP contribution in [0.25, 0.3) is 0 Å². The first kappa shape index (κ1) is 25.0. The summed E-state index contributed by atoms with van der Waals surface area (Å²) in [4.78, 5) is 0. The van der Waals surface area contributed by atoms with E-state index in [-0.39, 0.29) is 0 Å². The fraction of sp³-hybridized carbons (Fsp3) is 1.00. The normalized spacial score (nSPS) is 14.9. The smallest absolute Gasteiger partial charge is 0.0383 e. The van der Waals surface area contributed by atoms with Gasteiger partial charge in [0.2, 0.25) is 0 Å². The van der Waals surface area contributed by atoms with E-state index in [1.54, 1.807) is 0 Å². The fourth-order valence-electron chi connectivity index (χ4n) is 3.84. The first-order valence-corrected chi connectivity index (χ1v) is 11.7. The van der Waals surface area contributed by atoms with Gasteiger partial charge in [0.1, 0.15) is 0 Å². The molecule has 2 unspecified atom stereocenters. The van der Waals surface area contributed by atoms with Gasteiger partial charge in [-0.05, 0) is 29.6 Å². The molecule has 0 bridgehead atoms. The van der Waals surface area contributed by atoms with E-state index in [4.69, 9.17) is 0 Å². The molecule has 2 atom stereocenters. The first-order chi connectivity index (χ1) is 11.7. The van der Waals surface area contributed by atoms with E-state index in [0.29, 0.717) is 5.41 Å². The average Bonchev–Trinajstić information content (AvgIpc) is 2.48. The summed E-state index contributed by atoms with van der Waals surface area (Å²) in [7, 11) is 0. The molecule has 0 fully saturated rings. The Morgan fingerprint density at radius 1 is 0.480 bits per heavy atom. The van der Waals surface area contributed by atoms with Crippen LogP contribution >= 0.6 is 0 Å². The number of hydrogen-bond acceptors (Lipinski definition) is 0. The van der Waals surface area contributed by atoms with Crippen LogP contribution in [-0.2, 0) is 0 Å². The Morgan fingerprint density at radius 3 is 1.32 bits per heavy atom. The van der Waals surface area contributed by atoms with Crippen molar-refractivity contribution < 1.29 is 0 Å². The lowest BCUT2D eigenvalue weighted by molar-refractivity contribution is 0.335. The molecule has 0 saturated carbocycles. The molecule has 0 spiro atoms. The molecule has 0 aromatic heterocycles. The Morgan fingerprint density at radius 2 is 0.880 bits per heavy atom. The van der Waals surface area contributed by atoms with E-state index < -0.39 is 0 Å². The minimum atomic E-state index is 0.519. The van der Waals surface area contributed by atoms with Crippen molar-refractivity contribution in [2.75, 3.05) is 0 Å². The van der Waals surface area contributed by atoms with Crippen LogP contribution in [0.3, 0.4) is 0 Å². The van der Waals surface area contributed by atoms with E-state index >= 15 is 0 Å². The molecule has 25 heavy (non-hydrogen) atoms. The van der Waals surface area contributed by atoms with E-state index in [2.05, 4.69) is 48.5 Å². The Kier molecular flexibility index (Phi) is 15.1. The summed E-state index contributed by atoms with van der Waals surface area (Å²) in [5.41, 5.74) is 0.519. The standard InChI is InChI=1S/C25H52/c1-22(2)16-14-19-23(3)17-12-10-8-9-11-13-18-24(4)20-15-21-25(5,6)7/h22-24H,8-21H2,1-7H3. The molecule has 0 N–H and O–H groups in total. The van der Waals surface area contributed by atoms with Crippen molar-refractivity contribution in [2.24, 2.45) is 23.2 Å². The Labute approximate surface area is 161 Å². The Balaban J connectivity index is 3.32. The van der Waals surface area contributed by atoms with Crippen LogP contribution in [0.15, 0.2) is 0 Å². The second-order valence-corrected chi connectivity index (χ2v) is 10.7. The van der Waals surface area contributed by atoms with Crippen molar-refractivity contribution in [3.8, 4) is 0 Å². The van der Waals surface area contributed by atoms with Crippen molar-refractivity contribution in [2.45, 2.75) is 138 Å². The molecule has 0 radical (unpaired) electrons. The molecular weight excluding hydrogens is 300 g/mol. The fourth-order valence-corrected chi connectivity index (χ4v) is 3.84. The summed E-state index contributed by atoms with van der Waals surface area (Å²) in [5.74, 6) is 2.77. The number of hydrogen-bond donors (Lipinski definition) is 0. The monoisotopic (exact) mass is 352 g/mol. The summed E-state index contributed by atoms with van der Waals surface area (Å²) in [6, 6.07) is 0. The van der Waals surface area contributed by atoms with Crippen molar-refractivity contribution in [1.29, 1.82) is 0 Å². The van der Waals surface area contributed by atoms with Crippen LogP contribution in [0.4, 0.5) is 0 Å². The second kappa shape index (κ2) is 15.1. The Bertz CT molecular complexity index is 270. The van der Waals surface area contributed by atoms with Gasteiger partial charge in [-0.3, -0.25) is 0 Å². The molecule has 0 aromatic rings. The van der Waals surface area contributed by atoms with E-state index in [1.807, 2.05) is 0 Å². The van der Waals surface area contributed by atoms with Crippen LogP contribution < -0.4 is 0 Å². The highest BCUT2D eigenvalue weighted by atomic mass is 14.2. The number of rotatable bonds is 16. The minimum absolute atomic E-state index is 0.519. The van der Waals surface area contributed by atoms with Gasteiger partial charge < -0.3 is 0 Å².